The number of phenolic OH excluding ortho intramolecular Hbond substituents is 1. The van der Waals surface area contributed by atoms with Gasteiger partial charge < -0.3 is 9.84 Å². The molecule has 0 saturated carbocycles. The normalized spacial score (nSPS) is 13.8. The molecule has 1 heterocycles. The Morgan fingerprint density at radius 3 is 2.38 bits per heavy atom. The highest BCUT2D eigenvalue weighted by atomic mass is 32.2. The molecule has 3 rings (SSSR count). The van der Waals surface area contributed by atoms with Gasteiger partial charge >= 0.3 is 0 Å². The number of hydrogen-bond donors (Lipinski definition) is 3. The lowest BCUT2D eigenvalue weighted by molar-refractivity contribution is -0.116. The SMILES string of the molecule is COc1ccc(S(=O)(=O)N2CCc3ccc(O)cc3C2)cc1.O=CNO. The maximum atomic E-state index is 12.7. The number of rotatable bonds is 4. The lowest BCUT2D eigenvalue weighted by Gasteiger charge is -2.28. The number of carbonyl (C=O) groups is 1. The number of ether oxygens (including phenoxy) is 1. The molecule has 2 aromatic carbocycles. The summed E-state index contributed by atoms with van der Waals surface area (Å²) in [5.74, 6) is 0.773. The number of methoxy groups -OCH3 is 1. The van der Waals surface area contributed by atoms with E-state index in [1.165, 1.54) is 16.9 Å². The summed E-state index contributed by atoms with van der Waals surface area (Å²) in [6, 6.07) is 11.5. The number of amides is 1. The summed E-state index contributed by atoms with van der Waals surface area (Å²) >= 11 is 0. The maximum Gasteiger partial charge on any atom is 0.243 e. The van der Waals surface area contributed by atoms with Gasteiger partial charge in [0.25, 0.3) is 0 Å². The number of aromatic hydroxyl groups is 1. The Hall–Kier alpha value is -2.62. The average molecular weight is 380 g/mol. The van der Waals surface area contributed by atoms with Crippen molar-refractivity contribution in [3.63, 3.8) is 0 Å². The second kappa shape index (κ2) is 8.65. The van der Waals surface area contributed by atoms with Crippen LogP contribution in [-0.4, -0.2) is 43.1 Å². The van der Waals surface area contributed by atoms with Crippen molar-refractivity contribution in [3.05, 3.63) is 53.6 Å². The number of nitrogens with zero attached hydrogens (tertiary/aromatic N) is 1. The zero-order valence-electron chi connectivity index (χ0n) is 14.1. The molecule has 0 saturated heterocycles. The third-order valence-electron chi connectivity index (χ3n) is 3.92. The number of benzene rings is 2. The quantitative estimate of drug-likeness (QED) is 0.418. The van der Waals surface area contributed by atoms with Crippen molar-refractivity contribution in [2.24, 2.45) is 0 Å². The lowest BCUT2D eigenvalue weighted by Crippen LogP contribution is -2.35. The van der Waals surface area contributed by atoms with Crippen LogP contribution in [0.3, 0.4) is 0 Å². The summed E-state index contributed by atoms with van der Waals surface area (Å²) < 4.78 is 31.9. The molecule has 0 radical (unpaired) electrons. The van der Waals surface area contributed by atoms with Crippen molar-refractivity contribution in [1.29, 1.82) is 0 Å². The first kappa shape index (κ1) is 19.7. The Labute approximate surface area is 151 Å². The first-order chi connectivity index (χ1) is 12.4. The molecule has 0 fully saturated rings. The smallest absolute Gasteiger partial charge is 0.243 e. The predicted octanol–water partition coefficient (Wildman–Crippen LogP) is 1.27. The molecule has 2 aromatic rings. The summed E-state index contributed by atoms with van der Waals surface area (Å²) in [6.45, 7) is 0.713. The van der Waals surface area contributed by atoms with Crippen LogP contribution in [0, 0.1) is 0 Å². The van der Waals surface area contributed by atoms with E-state index in [1.54, 1.807) is 36.4 Å². The largest absolute Gasteiger partial charge is 0.508 e. The van der Waals surface area contributed by atoms with Gasteiger partial charge in [-0.3, -0.25) is 10.0 Å². The van der Waals surface area contributed by atoms with Crippen molar-refractivity contribution in [2.45, 2.75) is 17.9 Å². The highest BCUT2D eigenvalue weighted by Crippen LogP contribution is 2.27. The minimum Gasteiger partial charge on any atom is -0.508 e. The van der Waals surface area contributed by atoms with Crippen molar-refractivity contribution in [2.75, 3.05) is 13.7 Å². The number of hydrogen-bond acceptors (Lipinski definition) is 6. The molecule has 3 N–H and O–H groups in total. The fourth-order valence-corrected chi connectivity index (χ4v) is 4.04. The van der Waals surface area contributed by atoms with Gasteiger partial charge in [0.2, 0.25) is 16.4 Å². The number of nitrogens with one attached hydrogen (secondary N) is 1. The van der Waals surface area contributed by atoms with E-state index in [-0.39, 0.29) is 23.6 Å². The van der Waals surface area contributed by atoms with Crippen LogP contribution in [0.2, 0.25) is 0 Å². The monoisotopic (exact) mass is 380 g/mol. The summed E-state index contributed by atoms with van der Waals surface area (Å²) in [6.07, 6.45) is 0.824. The molecular weight excluding hydrogens is 360 g/mol. The second-order valence-electron chi connectivity index (χ2n) is 5.46. The highest BCUT2D eigenvalue weighted by Gasteiger charge is 2.28. The van der Waals surface area contributed by atoms with Crippen molar-refractivity contribution in [3.8, 4) is 11.5 Å². The Morgan fingerprint density at radius 2 is 1.81 bits per heavy atom. The first-order valence-electron chi connectivity index (χ1n) is 7.70. The van der Waals surface area contributed by atoms with Crippen LogP contribution < -0.4 is 10.2 Å². The fourth-order valence-electron chi connectivity index (χ4n) is 2.62. The topological polar surface area (TPSA) is 116 Å². The maximum absolute atomic E-state index is 12.7. The molecule has 0 bridgehead atoms. The van der Waals surface area contributed by atoms with Gasteiger partial charge in [-0.25, -0.2) is 13.9 Å². The molecular formula is C17H20N2O6S. The van der Waals surface area contributed by atoms with Crippen LogP contribution in [0.1, 0.15) is 11.1 Å². The molecule has 0 aromatic heterocycles. The van der Waals surface area contributed by atoms with Crippen LogP contribution in [0.25, 0.3) is 0 Å². The summed E-state index contributed by atoms with van der Waals surface area (Å²) in [4.78, 5) is 9.06. The van der Waals surface area contributed by atoms with E-state index in [0.29, 0.717) is 18.7 Å². The lowest BCUT2D eigenvalue weighted by atomic mass is 10.0. The van der Waals surface area contributed by atoms with E-state index >= 15 is 0 Å². The van der Waals surface area contributed by atoms with Crippen LogP contribution in [0.5, 0.6) is 11.5 Å². The molecule has 0 unspecified atom stereocenters. The van der Waals surface area contributed by atoms with Crippen LogP contribution in [-0.2, 0) is 27.8 Å². The number of carbonyl (C=O) groups excluding carboxylic acids is 1. The summed E-state index contributed by atoms with van der Waals surface area (Å²) in [5, 5.41) is 16.8. The molecule has 9 heteroatoms. The van der Waals surface area contributed by atoms with Crippen LogP contribution >= 0.6 is 0 Å². The second-order valence-corrected chi connectivity index (χ2v) is 7.40. The van der Waals surface area contributed by atoms with Crippen molar-refractivity contribution in [1.82, 2.24) is 9.79 Å². The molecule has 8 nitrogen and oxygen atoms in total. The standard InChI is InChI=1S/C16H17NO4S.CH3NO2/c1-21-15-4-6-16(7-5-15)22(19,20)17-9-8-12-2-3-14(18)10-13(12)11-17;3-1-2-4/h2-7,10,18H,8-9,11H2,1H3;1,4H,(H,2,3). The molecule has 1 aliphatic rings. The molecule has 26 heavy (non-hydrogen) atoms. The first-order valence-corrected chi connectivity index (χ1v) is 9.14. The van der Waals surface area contributed by atoms with Gasteiger partial charge in [-0.05, 0) is 53.9 Å². The minimum absolute atomic E-state index is 0.155. The number of sulfonamides is 1. The highest BCUT2D eigenvalue weighted by molar-refractivity contribution is 7.89. The van der Waals surface area contributed by atoms with E-state index < -0.39 is 10.0 Å². The molecule has 1 aliphatic heterocycles. The summed E-state index contributed by atoms with van der Waals surface area (Å²) in [7, 11) is -2.01. The molecule has 1 amide bonds. The van der Waals surface area contributed by atoms with E-state index in [0.717, 1.165) is 11.1 Å². The summed E-state index contributed by atoms with van der Waals surface area (Å²) in [5.41, 5.74) is 3.18. The van der Waals surface area contributed by atoms with E-state index in [9.17, 15) is 13.5 Å². The Balaban J connectivity index is 0.000000552. The van der Waals surface area contributed by atoms with Gasteiger partial charge in [0.1, 0.15) is 11.5 Å². The number of phenols is 1. The predicted molar refractivity (Wildman–Crippen MR) is 93.4 cm³/mol. The number of fused-ring (bicyclic) bond motifs is 1. The van der Waals surface area contributed by atoms with Gasteiger partial charge in [0, 0.05) is 13.1 Å². The average Bonchev–Trinajstić information content (AvgIpc) is 2.67. The zero-order valence-corrected chi connectivity index (χ0v) is 14.9. The van der Waals surface area contributed by atoms with Gasteiger partial charge in [-0.1, -0.05) is 6.07 Å². The van der Waals surface area contributed by atoms with Gasteiger partial charge in [0.15, 0.2) is 0 Å². The third kappa shape index (κ3) is 4.51. The molecule has 0 spiro atoms. The van der Waals surface area contributed by atoms with Gasteiger partial charge in [0.05, 0.1) is 12.0 Å². The van der Waals surface area contributed by atoms with Crippen LogP contribution in [0.4, 0.5) is 0 Å². The Kier molecular flexibility index (Phi) is 6.56. The van der Waals surface area contributed by atoms with Gasteiger partial charge in [-0.15, -0.1) is 0 Å². The van der Waals surface area contributed by atoms with Crippen LogP contribution in [0.15, 0.2) is 47.4 Å². The minimum atomic E-state index is -3.55. The molecule has 0 atom stereocenters. The van der Waals surface area contributed by atoms with E-state index in [2.05, 4.69) is 0 Å². The molecule has 140 valence electrons. The van der Waals surface area contributed by atoms with Gasteiger partial charge in [-0.2, -0.15) is 4.31 Å². The Morgan fingerprint density at radius 1 is 1.15 bits per heavy atom. The Bertz CT molecular complexity index is 852. The number of hydroxylamine groups is 1. The van der Waals surface area contributed by atoms with Crippen molar-refractivity contribution >= 4 is 16.4 Å². The van der Waals surface area contributed by atoms with E-state index in [4.69, 9.17) is 14.7 Å². The fraction of sp³-hybridized carbons (Fsp3) is 0.235. The van der Waals surface area contributed by atoms with E-state index in [1.807, 2.05) is 6.07 Å². The van der Waals surface area contributed by atoms with Crippen molar-refractivity contribution < 1.29 is 28.3 Å². The molecule has 0 aliphatic carbocycles. The third-order valence-corrected chi connectivity index (χ3v) is 5.78. The zero-order chi connectivity index (χ0) is 19.2.